The maximum Gasteiger partial charge on any atom is 0.242 e. The van der Waals surface area contributed by atoms with Gasteiger partial charge in [-0.05, 0) is 56.4 Å². The van der Waals surface area contributed by atoms with Gasteiger partial charge in [-0.25, -0.2) is 4.39 Å². The van der Waals surface area contributed by atoms with Crippen molar-refractivity contribution in [3.8, 4) is 0 Å². The second-order valence-electron chi connectivity index (χ2n) is 8.37. The molecule has 0 aromatic heterocycles. The number of halogens is 1. The van der Waals surface area contributed by atoms with Crippen molar-refractivity contribution >= 4 is 11.8 Å². The fraction of sp³-hybridized carbons (Fsp3) is 0.440. The molecule has 0 saturated heterocycles. The normalized spacial score (nSPS) is 15.1. The van der Waals surface area contributed by atoms with Crippen molar-refractivity contribution in [3.63, 3.8) is 0 Å². The summed E-state index contributed by atoms with van der Waals surface area (Å²) < 4.78 is 14.3. The molecule has 2 aromatic rings. The Bertz CT molecular complexity index is 906. The lowest BCUT2D eigenvalue weighted by Gasteiger charge is -2.30. The zero-order chi connectivity index (χ0) is 21.7. The zero-order valence-electron chi connectivity index (χ0n) is 18.1. The van der Waals surface area contributed by atoms with Gasteiger partial charge >= 0.3 is 0 Å². The van der Waals surface area contributed by atoms with Crippen molar-refractivity contribution in [1.82, 2.24) is 10.2 Å². The average Bonchev–Trinajstić information content (AvgIpc) is 3.22. The van der Waals surface area contributed by atoms with E-state index in [2.05, 4.69) is 5.32 Å². The van der Waals surface area contributed by atoms with Gasteiger partial charge in [0.1, 0.15) is 11.9 Å². The largest absolute Gasteiger partial charge is 0.352 e. The van der Waals surface area contributed by atoms with E-state index >= 15 is 0 Å². The number of carbonyl (C=O) groups is 2. The minimum absolute atomic E-state index is 0.0651. The van der Waals surface area contributed by atoms with Crippen LogP contribution in [0.3, 0.4) is 0 Å². The van der Waals surface area contributed by atoms with Crippen LogP contribution in [0.2, 0.25) is 0 Å². The Morgan fingerprint density at radius 3 is 2.47 bits per heavy atom. The second kappa shape index (κ2) is 9.88. The Labute approximate surface area is 178 Å². The quantitative estimate of drug-likeness (QED) is 0.733. The fourth-order valence-corrected chi connectivity index (χ4v) is 3.97. The standard InChI is InChI=1S/C25H31FN2O2/c1-17-12-13-20(14-18(17)2)15-24(29)28(16-21-8-4-7-11-23(21)26)19(3)25(30)27-22-9-5-6-10-22/h4,7-8,11-14,19,22H,5-6,9-10,15-16H2,1-3H3,(H,27,30). The minimum Gasteiger partial charge on any atom is -0.352 e. The summed E-state index contributed by atoms with van der Waals surface area (Å²) in [6.07, 6.45) is 4.36. The molecule has 1 atom stereocenters. The first kappa shape index (κ1) is 22.0. The van der Waals surface area contributed by atoms with Crippen LogP contribution in [-0.2, 0) is 22.6 Å². The lowest BCUT2D eigenvalue weighted by Crippen LogP contribution is -2.50. The lowest BCUT2D eigenvalue weighted by atomic mass is 10.0. The summed E-state index contributed by atoms with van der Waals surface area (Å²) >= 11 is 0. The average molecular weight is 411 g/mol. The maximum atomic E-state index is 14.3. The Balaban J connectivity index is 1.79. The molecule has 0 heterocycles. The van der Waals surface area contributed by atoms with Gasteiger partial charge in [-0.3, -0.25) is 9.59 Å². The van der Waals surface area contributed by atoms with Crippen LogP contribution in [0.15, 0.2) is 42.5 Å². The maximum absolute atomic E-state index is 14.3. The van der Waals surface area contributed by atoms with Crippen molar-refractivity contribution in [3.05, 3.63) is 70.5 Å². The molecule has 1 aliphatic rings. The number of rotatable bonds is 7. The van der Waals surface area contributed by atoms with E-state index in [1.54, 1.807) is 25.1 Å². The summed E-state index contributed by atoms with van der Waals surface area (Å²) in [5.74, 6) is -0.730. The van der Waals surface area contributed by atoms with Gasteiger partial charge < -0.3 is 10.2 Å². The number of benzene rings is 2. The third kappa shape index (κ3) is 5.47. The van der Waals surface area contributed by atoms with Crippen molar-refractivity contribution in [2.24, 2.45) is 0 Å². The van der Waals surface area contributed by atoms with Crippen LogP contribution in [0.1, 0.15) is 54.9 Å². The van der Waals surface area contributed by atoms with E-state index in [0.29, 0.717) is 5.56 Å². The van der Waals surface area contributed by atoms with Crippen LogP contribution >= 0.6 is 0 Å². The summed E-state index contributed by atoms with van der Waals surface area (Å²) in [4.78, 5) is 27.6. The van der Waals surface area contributed by atoms with Crippen LogP contribution in [0.4, 0.5) is 4.39 Å². The highest BCUT2D eigenvalue weighted by atomic mass is 19.1. The number of aryl methyl sites for hydroxylation is 2. The van der Waals surface area contributed by atoms with Crippen molar-refractivity contribution < 1.29 is 14.0 Å². The van der Waals surface area contributed by atoms with Crippen molar-refractivity contribution in [2.75, 3.05) is 0 Å². The molecule has 160 valence electrons. The number of amides is 2. The van der Waals surface area contributed by atoms with E-state index in [1.807, 2.05) is 32.0 Å². The van der Waals surface area contributed by atoms with Gasteiger partial charge in [0.2, 0.25) is 11.8 Å². The van der Waals surface area contributed by atoms with Gasteiger partial charge in [0.25, 0.3) is 0 Å². The molecule has 0 aliphatic heterocycles. The molecule has 30 heavy (non-hydrogen) atoms. The highest BCUT2D eigenvalue weighted by molar-refractivity contribution is 5.88. The molecule has 0 radical (unpaired) electrons. The lowest BCUT2D eigenvalue weighted by molar-refractivity contribution is -0.140. The fourth-order valence-electron chi connectivity index (χ4n) is 3.97. The summed E-state index contributed by atoms with van der Waals surface area (Å²) in [5, 5.41) is 3.07. The monoisotopic (exact) mass is 410 g/mol. The number of nitrogens with zero attached hydrogens (tertiary/aromatic N) is 1. The summed E-state index contributed by atoms with van der Waals surface area (Å²) in [6, 6.07) is 11.8. The molecule has 1 fully saturated rings. The summed E-state index contributed by atoms with van der Waals surface area (Å²) in [6.45, 7) is 5.83. The molecule has 4 nitrogen and oxygen atoms in total. The Morgan fingerprint density at radius 2 is 1.80 bits per heavy atom. The van der Waals surface area contributed by atoms with Gasteiger partial charge in [0.05, 0.1) is 6.42 Å². The molecule has 2 aromatic carbocycles. The highest BCUT2D eigenvalue weighted by Crippen LogP contribution is 2.20. The molecular weight excluding hydrogens is 379 g/mol. The van der Waals surface area contributed by atoms with E-state index in [1.165, 1.54) is 16.5 Å². The number of carbonyl (C=O) groups excluding carboxylic acids is 2. The SMILES string of the molecule is Cc1ccc(CC(=O)N(Cc2ccccc2F)C(C)C(=O)NC2CCCC2)cc1C. The molecule has 1 aliphatic carbocycles. The molecule has 0 bridgehead atoms. The van der Waals surface area contributed by atoms with E-state index in [-0.39, 0.29) is 36.6 Å². The van der Waals surface area contributed by atoms with E-state index in [0.717, 1.165) is 36.8 Å². The van der Waals surface area contributed by atoms with Crippen LogP contribution in [-0.4, -0.2) is 28.8 Å². The number of hydrogen-bond donors (Lipinski definition) is 1. The highest BCUT2D eigenvalue weighted by Gasteiger charge is 2.29. The second-order valence-corrected chi connectivity index (χ2v) is 8.37. The summed E-state index contributed by atoms with van der Waals surface area (Å²) in [7, 11) is 0. The van der Waals surface area contributed by atoms with E-state index < -0.39 is 6.04 Å². The molecule has 0 spiro atoms. The van der Waals surface area contributed by atoms with E-state index in [4.69, 9.17) is 0 Å². The first-order valence-electron chi connectivity index (χ1n) is 10.7. The van der Waals surface area contributed by atoms with E-state index in [9.17, 15) is 14.0 Å². The molecule has 1 N–H and O–H groups in total. The van der Waals surface area contributed by atoms with Crippen LogP contribution in [0.5, 0.6) is 0 Å². The molecular formula is C25H31FN2O2. The third-order valence-corrected chi connectivity index (χ3v) is 6.09. The van der Waals surface area contributed by atoms with Crippen molar-refractivity contribution in [2.45, 2.75) is 71.5 Å². The molecule has 3 rings (SSSR count). The van der Waals surface area contributed by atoms with Gasteiger partial charge in [-0.1, -0.05) is 49.2 Å². The predicted molar refractivity (Wildman–Crippen MR) is 116 cm³/mol. The summed E-state index contributed by atoms with van der Waals surface area (Å²) in [5.41, 5.74) is 3.59. The zero-order valence-corrected chi connectivity index (χ0v) is 18.1. The Hall–Kier alpha value is -2.69. The molecule has 2 amide bonds. The van der Waals surface area contributed by atoms with Crippen LogP contribution in [0, 0.1) is 19.7 Å². The molecule has 1 unspecified atom stereocenters. The number of hydrogen-bond acceptors (Lipinski definition) is 2. The predicted octanol–water partition coefficient (Wildman–Crippen LogP) is 4.46. The van der Waals surface area contributed by atoms with Gasteiger partial charge in [0, 0.05) is 18.2 Å². The topological polar surface area (TPSA) is 49.4 Å². The van der Waals surface area contributed by atoms with Gasteiger partial charge in [-0.2, -0.15) is 0 Å². The molecule has 1 saturated carbocycles. The van der Waals surface area contributed by atoms with Crippen LogP contribution < -0.4 is 5.32 Å². The van der Waals surface area contributed by atoms with Gasteiger partial charge in [-0.15, -0.1) is 0 Å². The smallest absolute Gasteiger partial charge is 0.242 e. The third-order valence-electron chi connectivity index (χ3n) is 6.09. The number of nitrogens with one attached hydrogen (secondary N) is 1. The van der Waals surface area contributed by atoms with Crippen LogP contribution in [0.25, 0.3) is 0 Å². The first-order valence-corrected chi connectivity index (χ1v) is 10.7. The first-order chi connectivity index (χ1) is 14.3. The Kier molecular flexibility index (Phi) is 7.24. The Morgan fingerprint density at radius 1 is 1.10 bits per heavy atom. The minimum atomic E-state index is -0.677. The van der Waals surface area contributed by atoms with Crippen molar-refractivity contribution in [1.29, 1.82) is 0 Å². The van der Waals surface area contributed by atoms with Gasteiger partial charge in [0.15, 0.2) is 0 Å². The molecule has 5 heteroatoms.